The molecule has 0 bridgehead atoms. The third kappa shape index (κ3) is 5.16. The highest BCUT2D eigenvalue weighted by molar-refractivity contribution is 6.13. The van der Waals surface area contributed by atoms with Gasteiger partial charge in [-0.15, -0.1) is 0 Å². The lowest BCUT2D eigenvalue weighted by Crippen LogP contribution is -2.15. The standard InChI is InChI=1S/C55H37N3O/c1-55(2)45-24-12-9-20-39(45)43-31-44-40-21-10-13-25-48(40)58(49(44)32-46(43)55)52-33-47(56-54(57-52)42-23-15-27-51-53(42)41-22-11-14-26-50(41)59-51)38-29-36(34-16-5-3-6-17-34)28-37(30-38)35-18-7-4-8-19-35/h3-33H,1-2H3. The molecule has 0 N–H and O–H groups in total. The highest BCUT2D eigenvalue weighted by Crippen LogP contribution is 2.51. The molecule has 278 valence electrons. The van der Waals surface area contributed by atoms with Crippen LogP contribution in [0.2, 0.25) is 0 Å². The van der Waals surface area contributed by atoms with Crippen molar-refractivity contribution in [1.82, 2.24) is 14.5 Å². The number of nitrogens with zero attached hydrogens (tertiary/aromatic N) is 3. The highest BCUT2D eigenvalue weighted by atomic mass is 16.3. The van der Waals surface area contributed by atoms with E-state index in [2.05, 4.69) is 182 Å². The Morgan fingerprint density at radius 3 is 1.83 bits per heavy atom. The van der Waals surface area contributed by atoms with E-state index in [0.29, 0.717) is 5.82 Å². The largest absolute Gasteiger partial charge is 0.456 e. The molecule has 0 atom stereocenters. The Labute approximate surface area is 341 Å². The molecule has 59 heavy (non-hydrogen) atoms. The number of para-hydroxylation sites is 2. The van der Waals surface area contributed by atoms with E-state index in [1.807, 2.05) is 24.3 Å². The minimum Gasteiger partial charge on any atom is -0.456 e. The summed E-state index contributed by atoms with van der Waals surface area (Å²) in [6, 6.07) is 67.0. The number of hydrogen-bond donors (Lipinski definition) is 0. The topological polar surface area (TPSA) is 43.9 Å². The van der Waals surface area contributed by atoms with E-state index in [1.165, 1.54) is 33.0 Å². The van der Waals surface area contributed by atoms with Gasteiger partial charge in [0.05, 0.1) is 16.7 Å². The van der Waals surface area contributed by atoms with Gasteiger partial charge in [0.25, 0.3) is 0 Å². The normalized spacial score (nSPS) is 13.1. The molecule has 1 aliphatic rings. The first-order valence-electron chi connectivity index (χ1n) is 20.2. The van der Waals surface area contributed by atoms with Crippen LogP contribution in [0.15, 0.2) is 192 Å². The van der Waals surface area contributed by atoms with Crippen LogP contribution in [0.4, 0.5) is 0 Å². The molecule has 0 fully saturated rings. The van der Waals surface area contributed by atoms with Gasteiger partial charge in [0.2, 0.25) is 0 Å². The van der Waals surface area contributed by atoms with Crippen molar-refractivity contribution in [1.29, 1.82) is 0 Å². The summed E-state index contributed by atoms with van der Waals surface area (Å²) in [5.74, 6) is 1.45. The Kier molecular flexibility index (Phi) is 7.24. The number of furan rings is 1. The summed E-state index contributed by atoms with van der Waals surface area (Å²) in [4.78, 5) is 11.0. The molecule has 4 heteroatoms. The van der Waals surface area contributed by atoms with E-state index in [-0.39, 0.29) is 5.41 Å². The number of rotatable bonds is 5. The summed E-state index contributed by atoms with van der Waals surface area (Å²) in [5, 5.41) is 4.44. The third-order valence-electron chi connectivity index (χ3n) is 12.4. The van der Waals surface area contributed by atoms with Gasteiger partial charge >= 0.3 is 0 Å². The quantitative estimate of drug-likeness (QED) is 0.176. The molecule has 12 rings (SSSR count). The fourth-order valence-corrected chi connectivity index (χ4v) is 9.56. The van der Waals surface area contributed by atoms with Gasteiger partial charge in [-0.25, -0.2) is 9.97 Å². The fourth-order valence-electron chi connectivity index (χ4n) is 9.56. The molecule has 0 unspecified atom stereocenters. The second-order valence-electron chi connectivity index (χ2n) is 16.2. The van der Waals surface area contributed by atoms with Gasteiger partial charge in [0, 0.05) is 44.2 Å². The van der Waals surface area contributed by atoms with Crippen LogP contribution in [0, 0.1) is 0 Å². The van der Waals surface area contributed by atoms with Crippen LogP contribution in [0.3, 0.4) is 0 Å². The van der Waals surface area contributed by atoms with Crippen molar-refractivity contribution in [2.24, 2.45) is 0 Å². The van der Waals surface area contributed by atoms with Crippen LogP contribution in [0.25, 0.3) is 106 Å². The van der Waals surface area contributed by atoms with Gasteiger partial charge < -0.3 is 4.42 Å². The first-order valence-corrected chi connectivity index (χ1v) is 20.2. The molecule has 0 spiro atoms. The molecular formula is C55H37N3O. The molecule has 4 nitrogen and oxygen atoms in total. The summed E-state index contributed by atoms with van der Waals surface area (Å²) >= 11 is 0. The lowest BCUT2D eigenvalue weighted by molar-refractivity contribution is 0.661. The van der Waals surface area contributed by atoms with Gasteiger partial charge in [0.1, 0.15) is 17.0 Å². The van der Waals surface area contributed by atoms with Crippen molar-refractivity contribution < 1.29 is 4.42 Å². The maximum Gasteiger partial charge on any atom is 0.162 e. The van der Waals surface area contributed by atoms with Gasteiger partial charge in [-0.2, -0.15) is 0 Å². The molecule has 3 heterocycles. The zero-order valence-corrected chi connectivity index (χ0v) is 32.6. The van der Waals surface area contributed by atoms with Crippen LogP contribution in [-0.2, 0) is 5.41 Å². The van der Waals surface area contributed by atoms with E-state index >= 15 is 0 Å². The van der Waals surface area contributed by atoms with Gasteiger partial charge in [-0.1, -0.05) is 147 Å². The maximum atomic E-state index is 6.40. The Morgan fingerprint density at radius 2 is 1.05 bits per heavy atom. The van der Waals surface area contributed by atoms with Crippen LogP contribution < -0.4 is 0 Å². The molecule has 11 aromatic rings. The number of hydrogen-bond acceptors (Lipinski definition) is 3. The van der Waals surface area contributed by atoms with Crippen molar-refractivity contribution in [3.63, 3.8) is 0 Å². The molecule has 8 aromatic carbocycles. The first kappa shape index (κ1) is 33.6. The number of benzene rings is 8. The Hall–Kier alpha value is -7.56. The smallest absolute Gasteiger partial charge is 0.162 e. The maximum absolute atomic E-state index is 6.40. The Bertz CT molecular complexity index is 3410. The summed E-state index contributed by atoms with van der Waals surface area (Å²) in [6.45, 7) is 4.69. The lowest BCUT2D eigenvalue weighted by Gasteiger charge is -2.21. The van der Waals surface area contributed by atoms with Crippen molar-refractivity contribution in [2.45, 2.75) is 19.3 Å². The minimum atomic E-state index is -0.160. The summed E-state index contributed by atoms with van der Waals surface area (Å²) in [7, 11) is 0. The highest BCUT2D eigenvalue weighted by Gasteiger charge is 2.36. The molecule has 1 aliphatic carbocycles. The lowest BCUT2D eigenvalue weighted by atomic mass is 9.82. The van der Waals surface area contributed by atoms with Crippen LogP contribution in [0.1, 0.15) is 25.0 Å². The molecule has 0 saturated heterocycles. The Morgan fingerprint density at radius 1 is 0.424 bits per heavy atom. The average molecular weight is 756 g/mol. The molecule has 0 amide bonds. The predicted molar refractivity (Wildman–Crippen MR) is 243 cm³/mol. The van der Waals surface area contributed by atoms with E-state index in [4.69, 9.17) is 14.4 Å². The summed E-state index contributed by atoms with van der Waals surface area (Å²) in [5.41, 5.74) is 16.3. The van der Waals surface area contributed by atoms with E-state index < -0.39 is 0 Å². The Balaban J connectivity index is 1.17. The van der Waals surface area contributed by atoms with Crippen molar-refractivity contribution in [3.8, 4) is 61.8 Å². The third-order valence-corrected chi connectivity index (χ3v) is 12.4. The molecular weight excluding hydrogens is 719 g/mol. The predicted octanol–water partition coefficient (Wildman–Crippen LogP) is 14.4. The molecule has 0 saturated carbocycles. The average Bonchev–Trinajstić information content (AvgIpc) is 3.91. The van der Waals surface area contributed by atoms with Crippen molar-refractivity contribution in [3.05, 3.63) is 199 Å². The molecule has 0 radical (unpaired) electrons. The number of fused-ring (bicyclic) bond motifs is 9. The van der Waals surface area contributed by atoms with Crippen LogP contribution in [0.5, 0.6) is 0 Å². The second-order valence-corrected chi connectivity index (χ2v) is 16.2. The van der Waals surface area contributed by atoms with Gasteiger partial charge in [0.15, 0.2) is 5.82 Å². The van der Waals surface area contributed by atoms with E-state index in [1.54, 1.807) is 0 Å². The van der Waals surface area contributed by atoms with Gasteiger partial charge in [-0.3, -0.25) is 4.57 Å². The zero-order valence-electron chi connectivity index (χ0n) is 32.6. The van der Waals surface area contributed by atoms with Crippen LogP contribution in [-0.4, -0.2) is 14.5 Å². The second kappa shape index (κ2) is 12.7. The monoisotopic (exact) mass is 755 g/mol. The molecule has 3 aromatic heterocycles. The molecule has 0 aliphatic heterocycles. The number of aromatic nitrogens is 3. The van der Waals surface area contributed by atoms with Gasteiger partial charge in [-0.05, 0) is 93.0 Å². The zero-order chi connectivity index (χ0) is 39.2. The first-order chi connectivity index (χ1) is 29.0. The minimum absolute atomic E-state index is 0.160. The van der Waals surface area contributed by atoms with E-state index in [9.17, 15) is 0 Å². The van der Waals surface area contributed by atoms with Crippen molar-refractivity contribution in [2.75, 3.05) is 0 Å². The fraction of sp³-hybridized carbons (Fsp3) is 0.0545. The van der Waals surface area contributed by atoms with Crippen molar-refractivity contribution >= 4 is 43.7 Å². The summed E-state index contributed by atoms with van der Waals surface area (Å²) in [6.07, 6.45) is 0. The summed E-state index contributed by atoms with van der Waals surface area (Å²) < 4.78 is 8.76. The van der Waals surface area contributed by atoms with Crippen LogP contribution >= 0.6 is 0 Å². The SMILES string of the molecule is CC1(C)c2ccccc2-c2cc3c4ccccc4n(-c4cc(-c5cc(-c6ccccc6)cc(-c6ccccc6)c5)nc(-c5cccc6oc7ccccc7c56)n4)c3cc21. The van der Waals surface area contributed by atoms with E-state index in [0.717, 1.165) is 77.9 Å².